The largest absolute Gasteiger partial charge is 0.497 e. The smallest absolute Gasteiger partial charge is 0.310 e. The molecule has 0 heterocycles. The zero-order chi connectivity index (χ0) is 17.5. The van der Waals surface area contributed by atoms with E-state index in [1.807, 2.05) is 0 Å². The van der Waals surface area contributed by atoms with Crippen molar-refractivity contribution in [2.24, 2.45) is 0 Å². The minimum Gasteiger partial charge on any atom is -0.497 e. The van der Waals surface area contributed by atoms with Crippen molar-refractivity contribution >= 4 is 15.9 Å². The fraction of sp³-hybridized carbons (Fsp3) is 0.0769. The van der Waals surface area contributed by atoms with Gasteiger partial charge in [0.15, 0.2) is 0 Å². The molecule has 0 radical (unpaired) electrons. The van der Waals surface area contributed by atoms with Gasteiger partial charge in [-0.1, -0.05) is 31.6 Å². The molecule has 0 saturated heterocycles. The maximum atomic E-state index is 12.8. The molecule has 2 aromatic carbocycles. The fourth-order valence-electron chi connectivity index (χ4n) is 1.92. The van der Waals surface area contributed by atoms with Gasteiger partial charge in [0.25, 0.3) is 5.69 Å². The Morgan fingerprint density at radius 2 is 1.57 bits per heavy atom. The summed E-state index contributed by atoms with van der Waals surface area (Å²) < 4.78 is 68.8. The number of methoxy groups -OCH3 is 1. The Morgan fingerprint density at radius 3 is 2.00 bits per heavy atom. The molecule has 0 aliphatic rings. The van der Waals surface area contributed by atoms with Crippen LogP contribution >= 0.6 is 10.2 Å². The molecule has 0 fully saturated rings. The molecule has 23 heavy (non-hydrogen) atoms. The zero-order valence-electron chi connectivity index (χ0n) is 11.5. The van der Waals surface area contributed by atoms with Crippen LogP contribution in [0.1, 0.15) is 0 Å². The summed E-state index contributed by atoms with van der Waals surface area (Å²) in [5, 5.41) is 11.0. The minimum absolute atomic E-state index is 0.138. The molecule has 126 valence electrons. The van der Waals surface area contributed by atoms with Crippen LogP contribution in [-0.4, -0.2) is 12.0 Å². The molecular weight excluding hydrogens is 345 g/mol. The second-order valence-corrected chi connectivity index (χ2v) is 7.04. The first-order valence-electron chi connectivity index (χ1n) is 5.99. The minimum atomic E-state index is -9.99. The summed E-state index contributed by atoms with van der Waals surface area (Å²) in [5.41, 5.74) is -1.06. The van der Waals surface area contributed by atoms with E-state index in [0.717, 1.165) is 0 Å². The number of hydrogen-bond donors (Lipinski definition) is 0. The first kappa shape index (κ1) is 17.0. The lowest BCUT2D eigenvalue weighted by molar-refractivity contribution is -0.384. The van der Waals surface area contributed by atoms with Crippen molar-refractivity contribution in [2.45, 2.75) is 4.90 Å². The standard InChI is InChI=1S/C13H10F5NO3S/c1-22-10-4-2-9(3-5-10)12-7-6-11(8-13(12)19(20)21)23(14,15,16,17)18/h2-8H,1H3. The number of benzene rings is 2. The Bertz CT molecular complexity index is 775. The number of nitro groups is 1. The molecule has 0 aliphatic heterocycles. The zero-order valence-corrected chi connectivity index (χ0v) is 12.3. The summed E-state index contributed by atoms with van der Waals surface area (Å²) >= 11 is 0. The van der Waals surface area contributed by atoms with Crippen molar-refractivity contribution in [3.05, 3.63) is 52.6 Å². The van der Waals surface area contributed by atoms with Crippen LogP contribution in [0.25, 0.3) is 11.1 Å². The average molecular weight is 355 g/mol. The molecular formula is C13H10F5NO3S. The highest BCUT2D eigenvalue weighted by Gasteiger charge is 2.65. The van der Waals surface area contributed by atoms with E-state index < -0.39 is 25.7 Å². The van der Waals surface area contributed by atoms with Gasteiger partial charge in [-0.05, 0) is 29.8 Å². The maximum absolute atomic E-state index is 12.8. The quantitative estimate of drug-likeness (QED) is 0.388. The van der Waals surface area contributed by atoms with Gasteiger partial charge in [-0.25, -0.2) is 0 Å². The lowest BCUT2D eigenvalue weighted by Gasteiger charge is -2.40. The molecule has 0 spiro atoms. The first-order valence-corrected chi connectivity index (χ1v) is 7.94. The van der Waals surface area contributed by atoms with Crippen LogP contribution in [0.3, 0.4) is 0 Å². The van der Waals surface area contributed by atoms with E-state index in [4.69, 9.17) is 4.74 Å². The predicted molar refractivity (Wildman–Crippen MR) is 76.5 cm³/mol. The van der Waals surface area contributed by atoms with E-state index in [2.05, 4.69) is 0 Å². The van der Waals surface area contributed by atoms with Crippen LogP contribution in [-0.2, 0) is 0 Å². The van der Waals surface area contributed by atoms with Gasteiger partial charge in [0.05, 0.1) is 17.6 Å². The van der Waals surface area contributed by atoms with Crippen molar-refractivity contribution in [3.63, 3.8) is 0 Å². The summed E-state index contributed by atoms with van der Waals surface area (Å²) in [6.45, 7) is 0. The van der Waals surface area contributed by atoms with Gasteiger partial charge in [0, 0.05) is 6.07 Å². The summed E-state index contributed by atoms with van der Waals surface area (Å²) in [6, 6.07) is 6.30. The average Bonchev–Trinajstić information content (AvgIpc) is 2.44. The van der Waals surface area contributed by atoms with Crippen LogP contribution in [0.4, 0.5) is 25.1 Å². The van der Waals surface area contributed by atoms with Crippen molar-refractivity contribution in [1.29, 1.82) is 0 Å². The van der Waals surface area contributed by atoms with Crippen LogP contribution in [0.15, 0.2) is 47.4 Å². The van der Waals surface area contributed by atoms with E-state index in [-0.39, 0.29) is 23.3 Å². The number of nitro benzene ring substituents is 1. The Balaban J connectivity index is 2.65. The highest BCUT2D eigenvalue weighted by atomic mass is 32.5. The highest BCUT2D eigenvalue weighted by molar-refractivity contribution is 8.45. The molecule has 2 aromatic rings. The molecule has 4 nitrogen and oxygen atoms in total. The molecule has 0 unspecified atom stereocenters. The topological polar surface area (TPSA) is 52.4 Å². The van der Waals surface area contributed by atoms with E-state index in [0.29, 0.717) is 11.8 Å². The van der Waals surface area contributed by atoms with Crippen LogP contribution in [0.5, 0.6) is 5.75 Å². The fourth-order valence-corrected chi connectivity index (χ4v) is 2.58. The van der Waals surface area contributed by atoms with Crippen molar-refractivity contribution in [3.8, 4) is 16.9 Å². The van der Waals surface area contributed by atoms with E-state index in [1.165, 1.54) is 31.4 Å². The third-order valence-corrected chi connectivity index (χ3v) is 4.16. The summed E-state index contributed by atoms with van der Waals surface area (Å²) in [6.07, 6.45) is 0. The van der Waals surface area contributed by atoms with Gasteiger partial charge in [-0.2, -0.15) is 0 Å². The van der Waals surface area contributed by atoms with Crippen LogP contribution < -0.4 is 4.74 Å². The second kappa shape index (κ2) is 4.57. The second-order valence-electron chi connectivity index (χ2n) is 4.63. The molecule has 2 rings (SSSR count). The first-order chi connectivity index (χ1) is 10.3. The van der Waals surface area contributed by atoms with E-state index >= 15 is 0 Å². The van der Waals surface area contributed by atoms with Gasteiger partial charge in [-0.15, -0.1) is 0 Å². The summed E-state index contributed by atoms with van der Waals surface area (Å²) in [4.78, 5) is 7.56. The third kappa shape index (κ3) is 3.70. The number of halogens is 5. The molecule has 0 amide bonds. The normalized spacial score (nSPS) is 14.7. The van der Waals surface area contributed by atoms with Gasteiger partial charge < -0.3 is 4.74 Å². The number of nitrogens with zero attached hydrogens (tertiary/aromatic N) is 1. The molecule has 0 bridgehead atoms. The van der Waals surface area contributed by atoms with Crippen LogP contribution in [0.2, 0.25) is 0 Å². The number of hydrogen-bond acceptors (Lipinski definition) is 3. The number of ether oxygens (including phenoxy) is 1. The molecule has 0 saturated carbocycles. The lowest BCUT2D eigenvalue weighted by Crippen LogP contribution is -2.07. The maximum Gasteiger partial charge on any atom is 0.310 e. The van der Waals surface area contributed by atoms with Gasteiger partial charge in [0.2, 0.25) is 0 Å². The van der Waals surface area contributed by atoms with Crippen molar-refractivity contribution in [1.82, 2.24) is 0 Å². The molecule has 0 aliphatic carbocycles. The number of rotatable bonds is 4. The predicted octanol–water partition coefficient (Wildman–Crippen LogP) is 5.93. The monoisotopic (exact) mass is 355 g/mol. The van der Waals surface area contributed by atoms with Crippen molar-refractivity contribution in [2.75, 3.05) is 7.11 Å². The van der Waals surface area contributed by atoms with Gasteiger partial charge in [-0.3, -0.25) is 10.1 Å². The Hall–Kier alpha value is -2.36. The lowest BCUT2D eigenvalue weighted by atomic mass is 10.0. The molecule has 0 atom stereocenters. The molecule has 0 aromatic heterocycles. The SMILES string of the molecule is COc1ccc(-c2ccc(S(F)(F)(F)(F)F)cc2[N+](=O)[O-])cc1. The Kier molecular flexibility index (Phi) is 3.38. The third-order valence-electron chi connectivity index (χ3n) is 3.01. The van der Waals surface area contributed by atoms with E-state index in [1.54, 1.807) is 0 Å². The summed E-state index contributed by atoms with van der Waals surface area (Å²) in [5.74, 6) is 0.431. The Labute approximate surface area is 127 Å². The summed E-state index contributed by atoms with van der Waals surface area (Å²) in [7, 11) is -8.60. The highest BCUT2D eigenvalue weighted by Crippen LogP contribution is 3.02. The van der Waals surface area contributed by atoms with E-state index in [9.17, 15) is 29.5 Å². The van der Waals surface area contributed by atoms with Crippen LogP contribution in [0, 0.1) is 10.1 Å². The Morgan fingerprint density at radius 1 is 1.00 bits per heavy atom. The van der Waals surface area contributed by atoms with Crippen molar-refractivity contribution < 1.29 is 29.1 Å². The van der Waals surface area contributed by atoms with Gasteiger partial charge in [0.1, 0.15) is 10.6 Å². The molecule has 10 heteroatoms. The van der Waals surface area contributed by atoms with Gasteiger partial charge >= 0.3 is 10.2 Å². The molecule has 0 N–H and O–H groups in total.